The van der Waals surface area contributed by atoms with E-state index in [-0.39, 0.29) is 11.2 Å². The Hall–Kier alpha value is -1.33. The second-order valence-electron chi connectivity index (χ2n) is 7.20. The van der Waals surface area contributed by atoms with Crippen molar-refractivity contribution in [1.82, 2.24) is 0 Å². The highest BCUT2D eigenvalue weighted by Crippen LogP contribution is 2.36. The molecular weight excluding hydrogens is 279 g/mol. The average molecular weight is 304 g/mol. The van der Waals surface area contributed by atoms with Crippen LogP contribution in [0.2, 0.25) is 0 Å². The Morgan fingerprint density at radius 2 is 1.59 bits per heavy atom. The van der Waals surface area contributed by atoms with Gasteiger partial charge in [-0.1, -0.05) is 31.2 Å². The number of rotatable bonds is 4. The molecule has 0 radical (unpaired) electrons. The minimum Gasteiger partial charge on any atom is -0.481 e. The monoisotopic (exact) mass is 304 g/mol. The Morgan fingerprint density at radius 1 is 1.14 bits per heavy atom. The summed E-state index contributed by atoms with van der Waals surface area (Å²) in [5.74, 6) is -0.807. The van der Waals surface area contributed by atoms with Gasteiger partial charge in [0.05, 0.1) is 16.6 Å². The van der Waals surface area contributed by atoms with Gasteiger partial charge < -0.3 is 14.4 Å². The summed E-state index contributed by atoms with van der Waals surface area (Å²) in [6, 6.07) is 7.51. The summed E-state index contributed by atoms with van der Waals surface area (Å²) >= 11 is 0. The minimum absolute atomic E-state index is 0.380. The number of hydrogen-bond donors (Lipinski definition) is 1. The number of benzene rings is 1. The predicted octanol–water partition coefficient (Wildman–Crippen LogP) is 2.74. The number of carboxylic acids is 1. The maximum absolute atomic E-state index is 11.5. The molecular formula is C17H25BO4. The van der Waals surface area contributed by atoms with Crippen molar-refractivity contribution in [2.75, 3.05) is 0 Å². The van der Waals surface area contributed by atoms with E-state index >= 15 is 0 Å². The molecule has 1 heterocycles. The van der Waals surface area contributed by atoms with Gasteiger partial charge in [0.15, 0.2) is 0 Å². The number of hydrogen-bond acceptors (Lipinski definition) is 3. The third-order valence-corrected chi connectivity index (χ3v) is 5.25. The first-order chi connectivity index (χ1) is 10.0. The van der Waals surface area contributed by atoms with E-state index in [4.69, 9.17) is 9.31 Å². The average Bonchev–Trinajstić information content (AvgIpc) is 2.66. The van der Waals surface area contributed by atoms with Gasteiger partial charge in [-0.15, -0.1) is 0 Å². The molecule has 0 amide bonds. The summed E-state index contributed by atoms with van der Waals surface area (Å²) in [7, 11) is -0.420. The van der Waals surface area contributed by atoms with Crippen LogP contribution in [-0.2, 0) is 19.5 Å². The van der Waals surface area contributed by atoms with Crippen LogP contribution in [0.15, 0.2) is 24.3 Å². The molecule has 1 aliphatic rings. The minimum atomic E-state index is -0.867. The lowest BCUT2D eigenvalue weighted by Crippen LogP contribution is -2.41. The molecule has 1 aromatic carbocycles. The van der Waals surface area contributed by atoms with E-state index in [1.807, 2.05) is 58.9 Å². The quantitative estimate of drug-likeness (QED) is 0.869. The van der Waals surface area contributed by atoms with Crippen LogP contribution in [0.1, 0.15) is 53.5 Å². The fourth-order valence-corrected chi connectivity index (χ4v) is 2.47. The van der Waals surface area contributed by atoms with E-state index in [1.54, 1.807) is 6.92 Å². The second-order valence-corrected chi connectivity index (χ2v) is 7.20. The zero-order valence-electron chi connectivity index (χ0n) is 14.3. The predicted molar refractivity (Wildman–Crippen MR) is 87.4 cm³/mol. The normalized spacial score (nSPS) is 22.4. The molecule has 1 N–H and O–H groups in total. The van der Waals surface area contributed by atoms with Crippen molar-refractivity contribution in [3.63, 3.8) is 0 Å². The molecule has 4 nitrogen and oxygen atoms in total. The van der Waals surface area contributed by atoms with Crippen LogP contribution in [0.4, 0.5) is 0 Å². The fraction of sp³-hybridized carbons (Fsp3) is 0.588. The molecule has 120 valence electrons. The van der Waals surface area contributed by atoms with Gasteiger partial charge in [-0.25, -0.2) is 0 Å². The molecule has 1 aromatic rings. The smallest absolute Gasteiger partial charge is 0.481 e. The van der Waals surface area contributed by atoms with Crippen LogP contribution in [0.3, 0.4) is 0 Å². The number of carbonyl (C=O) groups is 1. The maximum Gasteiger partial charge on any atom is 0.494 e. The first-order valence-corrected chi connectivity index (χ1v) is 7.73. The van der Waals surface area contributed by atoms with E-state index in [0.717, 1.165) is 11.0 Å². The Labute approximate surface area is 133 Å². The summed E-state index contributed by atoms with van der Waals surface area (Å²) in [5.41, 5.74) is 0.0769. The summed E-state index contributed by atoms with van der Waals surface area (Å²) in [4.78, 5) is 11.5. The largest absolute Gasteiger partial charge is 0.494 e. The molecule has 0 saturated carbocycles. The van der Waals surface area contributed by atoms with Crippen LogP contribution < -0.4 is 5.46 Å². The van der Waals surface area contributed by atoms with Gasteiger partial charge in [0.1, 0.15) is 0 Å². The lowest BCUT2D eigenvalue weighted by atomic mass is 9.75. The molecule has 1 saturated heterocycles. The number of aliphatic carboxylic acids is 1. The van der Waals surface area contributed by atoms with E-state index < -0.39 is 18.5 Å². The molecule has 1 fully saturated rings. The van der Waals surface area contributed by atoms with E-state index in [1.165, 1.54) is 0 Å². The molecule has 1 atom stereocenters. The van der Waals surface area contributed by atoms with Crippen molar-refractivity contribution in [2.24, 2.45) is 0 Å². The molecule has 1 aliphatic heterocycles. The lowest BCUT2D eigenvalue weighted by Gasteiger charge is -2.32. The Balaban J connectivity index is 2.26. The van der Waals surface area contributed by atoms with E-state index in [2.05, 4.69) is 0 Å². The third kappa shape index (κ3) is 2.68. The lowest BCUT2D eigenvalue weighted by molar-refractivity contribution is -0.143. The highest BCUT2D eigenvalue weighted by atomic mass is 16.7. The number of carboxylic acid groups (broad SMARTS) is 1. The summed E-state index contributed by atoms with van der Waals surface area (Å²) in [5, 5.41) is 9.45. The van der Waals surface area contributed by atoms with Crippen LogP contribution in [0.5, 0.6) is 0 Å². The highest BCUT2D eigenvalue weighted by molar-refractivity contribution is 6.62. The SMILES string of the molecule is CCC(C)(C(=O)O)c1ccc(B2OC(C)(C)C(C)(C)O2)cc1. The maximum atomic E-state index is 11.5. The molecule has 1 unspecified atom stereocenters. The Bertz CT molecular complexity index is 549. The van der Waals surface area contributed by atoms with E-state index in [9.17, 15) is 9.90 Å². The van der Waals surface area contributed by atoms with Gasteiger partial charge >= 0.3 is 13.1 Å². The van der Waals surface area contributed by atoms with Crippen molar-refractivity contribution in [3.8, 4) is 0 Å². The van der Waals surface area contributed by atoms with Gasteiger partial charge in [-0.3, -0.25) is 4.79 Å². The molecule has 0 bridgehead atoms. The standard InChI is InChI=1S/C17H25BO4/c1-7-17(6,14(19)20)12-8-10-13(11-9-12)18-21-15(2,3)16(4,5)22-18/h8-11H,7H2,1-6H3,(H,19,20). The van der Waals surface area contributed by atoms with E-state index in [0.29, 0.717) is 6.42 Å². The van der Waals surface area contributed by atoms with Crippen LogP contribution in [0, 0.1) is 0 Å². The first kappa shape index (κ1) is 17.0. The Kier molecular flexibility index (Phi) is 4.17. The zero-order valence-corrected chi connectivity index (χ0v) is 14.3. The van der Waals surface area contributed by atoms with Crippen molar-refractivity contribution in [3.05, 3.63) is 29.8 Å². The van der Waals surface area contributed by atoms with Gasteiger partial charge in [0.2, 0.25) is 0 Å². The highest BCUT2D eigenvalue weighted by Gasteiger charge is 2.51. The Morgan fingerprint density at radius 3 is 1.95 bits per heavy atom. The van der Waals surface area contributed by atoms with Crippen LogP contribution >= 0.6 is 0 Å². The molecule has 2 rings (SSSR count). The molecule has 0 aromatic heterocycles. The second kappa shape index (κ2) is 5.39. The van der Waals surface area contributed by atoms with Gasteiger partial charge in [-0.05, 0) is 52.1 Å². The zero-order chi connectivity index (χ0) is 16.8. The van der Waals surface area contributed by atoms with Crippen molar-refractivity contribution >= 4 is 18.6 Å². The van der Waals surface area contributed by atoms with Crippen molar-refractivity contribution in [2.45, 2.75) is 64.6 Å². The summed E-state index contributed by atoms with van der Waals surface area (Å²) < 4.78 is 12.0. The van der Waals surface area contributed by atoms with Gasteiger partial charge in [0, 0.05) is 0 Å². The molecule has 5 heteroatoms. The van der Waals surface area contributed by atoms with Gasteiger partial charge in [-0.2, -0.15) is 0 Å². The molecule has 0 spiro atoms. The van der Waals surface area contributed by atoms with Crippen LogP contribution in [0.25, 0.3) is 0 Å². The topological polar surface area (TPSA) is 55.8 Å². The van der Waals surface area contributed by atoms with Gasteiger partial charge in [0.25, 0.3) is 0 Å². The fourth-order valence-electron chi connectivity index (χ4n) is 2.47. The first-order valence-electron chi connectivity index (χ1n) is 7.73. The van der Waals surface area contributed by atoms with Crippen molar-refractivity contribution in [1.29, 1.82) is 0 Å². The van der Waals surface area contributed by atoms with Crippen LogP contribution in [-0.4, -0.2) is 29.4 Å². The molecule has 0 aliphatic carbocycles. The summed E-state index contributed by atoms with van der Waals surface area (Å²) in [6.45, 7) is 11.7. The summed E-state index contributed by atoms with van der Waals surface area (Å²) in [6.07, 6.45) is 0.540. The van der Waals surface area contributed by atoms with Crippen molar-refractivity contribution < 1.29 is 19.2 Å². The third-order valence-electron chi connectivity index (χ3n) is 5.25. The molecule has 22 heavy (non-hydrogen) atoms.